The Morgan fingerprint density at radius 2 is 1.90 bits per heavy atom. The van der Waals surface area contributed by atoms with E-state index in [1.807, 2.05) is 27.7 Å². The molecule has 0 saturated heterocycles. The molecule has 3 N–H and O–H groups in total. The molecule has 118 valence electrons. The van der Waals surface area contributed by atoms with Gasteiger partial charge >= 0.3 is 0 Å². The van der Waals surface area contributed by atoms with Crippen molar-refractivity contribution in [3.05, 3.63) is 27.2 Å². The van der Waals surface area contributed by atoms with Crippen LogP contribution in [-0.4, -0.2) is 20.4 Å². The summed E-state index contributed by atoms with van der Waals surface area (Å²) in [5.41, 5.74) is -0.0807. The van der Waals surface area contributed by atoms with Crippen LogP contribution in [0, 0.1) is 5.41 Å². The first-order valence-electron chi connectivity index (χ1n) is 6.16. The Labute approximate surface area is 138 Å². The molecule has 1 aromatic rings. The number of hydrogen-bond donors (Lipinski definition) is 2. The minimum atomic E-state index is -3.92. The van der Waals surface area contributed by atoms with Crippen LogP contribution in [0.15, 0.2) is 21.5 Å². The van der Waals surface area contributed by atoms with Crippen LogP contribution in [0.3, 0.4) is 0 Å². The van der Waals surface area contributed by atoms with Crippen molar-refractivity contribution >= 4 is 43.5 Å². The summed E-state index contributed by atoms with van der Waals surface area (Å²) in [6, 6.07) is 2.31. The molecule has 0 fully saturated rings. The molecule has 0 bridgehead atoms. The molecule has 0 aliphatic rings. The lowest BCUT2D eigenvalue weighted by Crippen LogP contribution is -2.41. The van der Waals surface area contributed by atoms with Gasteiger partial charge in [-0.25, -0.2) is 13.6 Å². The Kier molecular flexibility index (Phi) is 5.47. The van der Waals surface area contributed by atoms with Crippen LogP contribution in [0.25, 0.3) is 0 Å². The predicted octanol–water partition coefficient (Wildman–Crippen LogP) is 2.91. The number of benzene rings is 1. The van der Waals surface area contributed by atoms with Crippen molar-refractivity contribution in [1.29, 1.82) is 0 Å². The van der Waals surface area contributed by atoms with Crippen molar-refractivity contribution in [2.45, 2.75) is 38.6 Å². The van der Waals surface area contributed by atoms with E-state index in [1.54, 1.807) is 0 Å². The minimum Gasteiger partial charge on any atom is -0.349 e. The SMILES string of the molecule is CC(NC(=O)c1cc(S(N)(=O)=O)cc(Br)c1Cl)C(C)(C)C. The fraction of sp³-hybridized carbons (Fsp3) is 0.462. The lowest BCUT2D eigenvalue weighted by Gasteiger charge is -2.28. The van der Waals surface area contributed by atoms with E-state index < -0.39 is 15.9 Å². The standard InChI is InChI=1S/C13H18BrClN2O3S/c1-7(13(2,3)4)17-12(18)9-5-8(21(16,19)20)6-10(14)11(9)15/h5-7H,1-4H3,(H,17,18)(H2,16,19,20). The van der Waals surface area contributed by atoms with Crippen molar-refractivity contribution in [2.24, 2.45) is 10.6 Å². The summed E-state index contributed by atoms with van der Waals surface area (Å²) in [6.45, 7) is 7.81. The smallest absolute Gasteiger partial charge is 0.253 e. The molecular weight excluding hydrogens is 380 g/mol. The van der Waals surface area contributed by atoms with E-state index >= 15 is 0 Å². The Morgan fingerprint density at radius 1 is 1.38 bits per heavy atom. The minimum absolute atomic E-state index is 0.0613. The van der Waals surface area contributed by atoms with Crippen molar-refractivity contribution in [3.8, 4) is 0 Å². The monoisotopic (exact) mass is 396 g/mol. The van der Waals surface area contributed by atoms with Gasteiger partial charge in [-0.05, 0) is 40.4 Å². The first-order chi connectivity index (χ1) is 9.34. The molecule has 0 saturated carbocycles. The molecule has 0 heterocycles. The third kappa shape index (κ3) is 4.67. The van der Waals surface area contributed by atoms with E-state index in [4.69, 9.17) is 16.7 Å². The van der Waals surface area contributed by atoms with Gasteiger partial charge in [-0.3, -0.25) is 4.79 Å². The molecule has 1 aromatic carbocycles. The number of primary sulfonamides is 1. The largest absolute Gasteiger partial charge is 0.349 e. The van der Waals surface area contributed by atoms with Gasteiger partial charge in [0.2, 0.25) is 10.0 Å². The quantitative estimate of drug-likeness (QED) is 0.821. The van der Waals surface area contributed by atoms with Gasteiger partial charge < -0.3 is 5.32 Å². The maximum atomic E-state index is 12.3. The van der Waals surface area contributed by atoms with Gasteiger partial charge in [-0.2, -0.15) is 0 Å². The number of halogens is 2. The van der Waals surface area contributed by atoms with Crippen LogP contribution in [0.4, 0.5) is 0 Å². The number of rotatable bonds is 3. The van der Waals surface area contributed by atoms with Crippen LogP contribution in [0.2, 0.25) is 5.02 Å². The highest BCUT2D eigenvalue weighted by Gasteiger charge is 2.24. The number of sulfonamides is 1. The number of hydrogen-bond acceptors (Lipinski definition) is 3. The molecule has 1 atom stereocenters. The molecular formula is C13H18BrClN2O3S. The average molecular weight is 398 g/mol. The summed E-state index contributed by atoms with van der Waals surface area (Å²) in [5, 5.41) is 8.03. The average Bonchev–Trinajstić information content (AvgIpc) is 2.29. The topological polar surface area (TPSA) is 89.3 Å². The summed E-state index contributed by atoms with van der Waals surface area (Å²) in [5.74, 6) is -0.450. The molecule has 5 nitrogen and oxygen atoms in total. The van der Waals surface area contributed by atoms with Gasteiger partial charge in [-0.1, -0.05) is 32.4 Å². The number of carbonyl (C=O) groups excluding carboxylic acids is 1. The maximum absolute atomic E-state index is 12.3. The highest BCUT2D eigenvalue weighted by Crippen LogP contribution is 2.30. The van der Waals surface area contributed by atoms with E-state index in [-0.39, 0.29) is 26.9 Å². The lowest BCUT2D eigenvalue weighted by molar-refractivity contribution is 0.0910. The Bertz CT molecular complexity index is 669. The molecule has 1 amide bonds. The van der Waals surface area contributed by atoms with E-state index in [1.165, 1.54) is 12.1 Å². The summed E-state index contributed by atoms with van der Waals surface area (Å²) >= 11 is 9.20. The lowest BCUT2D eigenvalue weighted by atomic mass is 9.88. The zero-order valence-electron chi connectivity index (χ0n) is 12.2. The molecule has 1 rings (SSSR count). The van der Waals surface area contributed by atoms with E-state index in [0.29, 0.717) is 4.47 Å². The van der Waals surface area contributed by atoms with E-state index in [0.717, 1.165) is 0 Å². The van der Waals surface area contributed by atoms with Gasteiger partial charge in [-0.15, -0.1) is 0 Å². The number of amides is 1. The van der Waals surface area contributed by atoms with E-state index in [9.17, 15) is 13.2 Å². The van der Waals surface area contributed by atoms with Gasteiger partial charge in [0.05, 0.1) is 15.5 Å². The zero-order chi connectivity index (χ0) is 16.6. The van der Waals surface area contributed by atoms with Crippen molar-refractivity contribution < 1.29 is 13.2 Å². The van der Waals surface area contributed by atoms with Gasteiger partial charge in [0.25, 0.3) is 5.91 Å². The summed E-state index contributed by atoms with van der Waals surface area (Å²) < 4.78 is 23.2. The van der Waals surface area contributed by atoms with Crippen LogP contribution < -0.4 is 10.5 Å². The molecule has 0 spiro atoms. The second-order valence-corrected chi connectivity index (χ2v) is 8.67. The van der Waals surface area contributed by atoms with Gasteiger partial charge in [0.1, 0.15) is 0 Å². The molecule has 1 unspecified atom stereocenters. The van der Waals surface area contributed by atoms with Crippen molar-refractivity contribution in [2.75, 3.05) is 0 Å². The second kappa shape index (κ2) is 6.24. The first-order valence-corrected chi connectivity index (χ1v) is 8.88. The molecule has 21 heavy (non-hydrogen) atoms. The highest BCUT2D eigenvalue weighted by atomic mass is 79.9. The number of nitrogens with one attached hydrogen (secondary N) is 1. The van der Waals surface area contributed by atoms with Gasteiger partial charge in [0.15, 0.2) is 0 Å². The molecule has 8 heteroatoms. The first kappa shape index (κ1) is 18.4. The van der Waals surface area contributed by atoms with Crippen LogP contribution in [0.1, 0.15) is 38.1 Å². The normalized spacial score (nSPS) is 13.9. The summed E-state index contributed by atoms with van der Waals surface area (Å²) in [6.07, 6.45) is 0. The third-order valence-corrected chi connectivity index (χ3v) is 5.38. The number of nitrogens with two attached hydrogens (primary N) is 1. The van der Waals surface area contributed by atoms with Crippen LogP contribution in [-0.2, 0) is 10.0 Å². The van der Waals surface area contributed by atoms with E-state index in [2.05, 4.69) is 21.2 Å². The Morgan fingerprint density at radius 3 is 2.33 bits per heavy atom. The second-order valence-electron chi connectivity index (χ2n) is 5.87. The third-order valence-electron chi connectivity index (χ3n) is 3.22. The summed E-state index contributed by atoms with van der Waals surface area (Å²) in [4.78, 5) is 12.1. The molecule has 0 aliphatic heterocycles. The predicted molar refractivity (Wildman–Crippen MR) is 86.9 cm³/mol. The van der Waals surface area contributed by atoms with Crippen LogP contribution in [0.5, 0.6) is 0 Å². The molecule has 0 radical (unpaired) electrons. The van der Waals surface area contributed by atoms with Gasteiger partial charge in [0, 0.05) is 10.5 Å². The highest BCUT2D eigenvalue weighted by molar-refractivity contribution is 9.10. The van der Waals surface area contributed by atoms with Crippen molar-refractivity contribution in [1.82, 2.24) is 5.32 Å². The summed E-state index contributed by atoms with van der Waals surface area (Å²) in [7, 11) is -3.92. The Hall–Kier alpha value is -0.630. The Balaban J connectivity index is 3.24. The number of carbonyl (C=O) groups is 1. The molecule has 0 aromatic heterocycles. The van der Waals surface area contributed by atoms with Crippen molar-refractivity contribution in [3.63, 3.8) is 0 Å². The maximum Gasteiger partial charge on any atom is 0.253 e. The fourth-order valence-corrected chi connectivity index (χ4v) is 2.76. The zero-order valence-corrected chi connectivity index (χ0v) is 15.4. The molecule has 0 aliphatic carbocycles. The fourth-order valence-electron chi connectivity index (χ4n) is 1.38. The van der Waals surface area contributed by atoms with Crippen LogP contribution >= 0.6 is 27.5 Å².